The molecule has 0 bridgehead atoms. The molecule has 0 amide bonds. The molecule has 0 aliphatic carbocycles. The predicted octanol–water partition coefficient (Wildman–Crippen LogP) is 0.975. The Morgan fingerprint density at radius 1 is 1.60 bits per heavy atom. The number of ether oxygens (including phenoxy) is 1. The van der Waals surface area contributed by atoms with Gasteiger partial charge >= 0.3 is 0 Å². The van der Waals surface area contributed by atoms with Crippen molar-refractivity contribution in [3.8, 4) is 0 Å². The van der Waals surface area contributed by atoms with Crippen LogP contribution in [0, 0.1) is 0 Å². The minimum atomic E-state index is 0.108. The molecular weight excluding hydrogens is 148 g/mol. The first-order valence-electron chi connectivity index (χ1n) is 3.61. The second kappa shape index (κ2) is 4.21. The van der Waals surface area contributed by atoms with Crippen molar-refractivity contribution in [3.63, 3.8) is 0 Å². The Labute approximate surface area is 65.5 Å². The number of rotatable bonds is 3. The zero-order valence-corrected chi connectivity index (χ0v) is 7.45. The maximum absolute atomic E-state index is 5.43. The Morgan fingerprint density at radius 2 is 2.40 bits per heavy atom. The van der Waals surface area contributed by atoms with Gasteiger partial charge in [0.1, 0.15) is 30.3 Å². The monoisotopic (exact) mass is 163 g/mol. The topological polar surface area (TPSA) is 18.5 Å². The van der Waals surface area contributed by atoms with Gasteiger partial charge in [0.05, 0.1) is 6.10 Å². The van der Waals surface area contributed by atoms with Gasteiger partial charge in [-0.15, -0.1) is 0 Å². The van der Waals surface area contributed by atoms with E-state index in [1.54, 1.807) is 0 Å². The first-order chi connectivity index (χ1) is 4.79. The number of hydrogen-bond acceptors (Lipinski definition) is 2. The molecule has 1 saturated heterocycles. The molecule has 60 valence electrons. The van der Waals surface area contributed by atoms with Crippen molar-refractivity contribution >= 4 is 11.2 Å². The van der Waals surface area contributed by atoms with Crippen LogP contribution in [-0.2, 0) is 20.1 Å². The summed E-state index contributed by atoms with van der Waals surface area (Å²) in [6.07, 6.45) is 6.92. The molecule has 0 radical (unpaired) electrons. The van der Waals surface area contributed by atoms with Gasteiger partial charge in [-0.3, -0.25) is 0 Å². The third kappa shape index (κ3) is 2.90. The summed E-state index contributed by atoms with van der Waals surface area (Å²) in [5.41, 5.74) is 0. The molecule has 1 fully saturated rings. The highest BCUT2D eigenvalue weighted by atomic mass is 32.2. The molecule has 0 aromatic carbocycles. The van der Waals surface area contributed by atoms with Crippen molar-refractivity contribution in [3.05, 3.63) is 0 Å². The van der Waals surface area contributed by atoms with E-state index in [9.17, 15) is 0 Å². The second-order valence-corrected chi connectivity index (χ2v) is 4.38. The average molecular weight is 163 g/mol. The zero-order chi connectivity index (χ0) is 7.40. The summed E-state index contributed by atoms with van der Waals surface area (Å²) in [6.45, 7) is 1.71. The third-order valence-corrected chi connectivity index (χ3v) is 2.12. The van der Waals surface area contributed by atoms with E-state index < -0.39 is 0 Å². The SMILES string of the molecule is C[S+](C)OCC1CCCO1. The van der Waals surface area contributed by atoms with Gasteiger partial charge < -0.3 is 4.74 Å². The molecule has 1 atom stereocenters. The molecular formula is C7H15O2S+. The van der Waals surface area contributed by atoms with Gasteiger partial charge in [0, 0.05) is 6.61 Å². The van der Waals surface area contributed by atoms with Crippen molar-refractivity contribution in [2.45, 2.75) is 18.9 Å². The van der Waals surface area contributed by atoms with Crippen LogP contribution in [0.4, 0.5) is 0 Å². The molecule has 1 heterocycles. The van der Waals surface area contributed by atoms with E-state index in [1.165, 1.54) is 12.8 Å². The molecule has 2 nitrogen and oxygen atoms in total. The summed E-state index contributed by atoms with van der Waals surface area (Å²) < 4.78 is 10.8. The molecule has 0 N–H and O–H groups in total. The largest absolute Gasteiger partial charge is 0.376 e. The van der Waals surface area contributed by atoms with Gasteiger partial charge in [-0.1, -0.05) is 0 Å². The summed E-state index contributed by atoms with van der Waals surface area (Å²) in [6, 6.07) is 0. The van der Waals surface area contributed by atoms with Crippen molar-refractivity contribution in [2.24, 2.45) is 0 Å². The van der Waals surface area contributed by atoms with Crippen molar-refractivity contribution in [1.82, 2.24) is 0 Å². The molecule has 0 saturated carbocycles. The lowest BCUT2D eigenvalue weighted by Crippen LogP contribution is -2.16. The normalized spacial score (nSPS) is 26.1. The second-order valence-electron chi connectivity index (χ2n) is 2.66. The lowest BCUT2D eigenvalue weighted by atomic mass is 10.2. The fourth-order valence-corrected chi connectivity index (χ4v) is 1.41. The van der Waals surface area contributed by atoms with E-state index in [2.05, 4.69) is 12.5 Å². The first-order valence-corrected chi connectivity index (χ1v) is 5.58. The van der Waals surface area contributed by atoms with Gasteiger partial charge in [0.2, 0.25) is 0 Å². The fourth-order valence-electron chi connectivity index (χ4n) is 0.988. The van der Waals surface area contributed by atoms with Gasteiger partial charge in [-0.05, 0) is 12.8 Å². The number of hydrogen-bond donors (Lipinski definition) is 0. The zero-order valence-electron chi connectivity index (χ0n) is 6.63. The van der Waals surface area contributed by atoms with Crippen LogP contribution in [0.2, 0.25) is 0 Å². The van der Waals surface area contributed by atoms with Crippen LogP contribution in [0.1, 0.15) is 12.8 Å². The maximum Gasteiger partial charge on any atom is 0.140 e. The lowest BCUT2D eigenvalue weighted by Gasteiger charge is -2.05. The molecule has 1 aliphatic rings. The van der Waals surface area contributed by atoms with Gasteiger partial charge in [0.15, 0.2) is 0 Å². The summed E-state index contributed by atoms with van der Waals surface area (Å²) >= 11 is 0.108. The minimum absolute atomic E-state index is 0.108. The van der Waals surface area contributed by atoms with Crippen molar-refractivity contribution in [1.29, 1.82) is 0 Å². The summed E-state index contributed by atoms with van der Waals surface area (Å²) in [5, 5.41) is 0. The Bertz CT molecular complexity index is 89.6. The summed E-state index contributed by atoms with van der Waals surface area (Å²) in [4.78, 5) is 0. The third-order valence-electron chi connectivity index (χ3n) is 1.51. The van der Waals surface area contributed by atoms with Crippen LogP contribution in [0.25, 0.3) is 0 Å². The van der Waals surface area contributed by atoms with Crippen LogP contribution in [0.5, 0.6) is 0 Å². The first kappa shape index (κ1) is 8.37. The lowest BCUT2D eigenvalue weighted by molar-refractivity contribution is 0.0738. The smallest absolute Gasteiger partial charge is 0.140 e. The minimum Gasteiger partial charge on any atom is -0.376 e. The standard InChI is InChI=1S/C7H15O2S/c1-10(2)9-6-7-4-3-5-8-7/h7H,3-6H2,1-2H3/q+1. The Hall–Kier alpha value is 0.270. The molecule has 10 heavy (non-hydrogen) atoms. The van der Waals surface area contributed by atoms with E-state index >= 15 is 0 Å². The Balaban J connectivity index is 2.01. The van der Waals surface area contributed by atoms with Gasteiger partial charge in [0.25, 0.3) is 0 Å². The summed E-state index contributed by atoms with van der Waals surface area (Å²) in [7, 11) is 0. The Kier molecular flexibility index (Phi) is 3.52. The van der Waals surface area contributed by atoms with E-state index in [0.717, 1.165) is 13.2 Å². The van der Waals surface area contributed by atoms with E-state index in [4.69, 9.17) is 8.92 Å². The highest BCUT2D eigenvalue weighted by Crippen LogP contribution is 2.12. The maximum atomic E-state index is 5.43. The van der Waals surface area contributed by atoms with Crippen molar-refractivity contribution in [2.75, 3.05) is 25.7 Å². The Morgan fingerprint density at radius 3 is 2.90 bits per heavy atom. The van der Waals surface area contributed by atoms with Crippen LogP contribution < -0.4 is 0 Å². The van der Waals surface area contributed by atoms with Crippen LogP contribution >= 0.6 is 0 Å². The van der Waals surface area contributed by atoms with Gasteiger partial charge in [-0.2, -0.15) is 4.18 Å². The molecule has 1 aliphatic heterocycles. The van der Waals surface area contributed by atoms with Crippen LogP contribution in [0.15, 0.2) is 0 Å². The fraction of sp³-hybridized carbons (Fsp3) is 1.00. The molecule has 1 rings (SSSR count). The molecule has 0 spiro atoms. The van der Waals surface area contributed by atoms with Crippen LogP contribution in [-0.4, -0.2) is 31.8 Å². The van der Waals surface area contributed by atoms with E-state index in [1.807, 2.05) is 0 Å². The van der Waals surface area contributed by atoms with Crippen LogP contribution in [0.3, 0.4) is 0 Å². The van der Waals surface area contributed by atoms with E-state index in [-0.39, 0.29) is 11.2 Å². The van der Waals surface area contributed by atoms with Gasteiger partial charge in [-0.25, -0.2) is 0 Å². The van der Waals surface area contributed by atoms with Crippen molar-refractivity contribution < 1.29 is 8.92 Å². The average Bonchev–Trinajstić information content (AvgIpc) is 2.34. The predicted molar refractivity (Wildman–Crippen MR) is 44.1 cm³/mol. The molecule has 1 unspecified atom stereocenters. The summed E-state index contributed by atoms with van der Waals surface area (Å²) in [5.74, 6) is 0. The van der Waals surface area contributed by atoms with E-state index in [0.29, 0.717) is 6.10 Å². The highest BCUT2D eigenvalue weighted by Gasteiger charge is 2.18. The quantitative estimate of drug-likeness (QED) is 0.577. The highest BCUT2D eigenvalue weighted by molar-refractivity contribution is 7.90. The molecule has 0 aromatic rings. The molecule has 0 aromatic heterocycles. The molecule has 3 heteroatoms.